The molecule has 0 saturated heterocycles. The van der Waals surface area contributed by atoms with Gasteiger partial charge in [0.05, 0.1) is 92.5 Å². The second-order valence-electron chi connectivity index (χ2n) is 8.14. The smallest absolute Gasteiger partial charge is 0.407 e. The number of nitrogens with one attached hydrogen (secondary N) is 1. The van der Waals surface area contributed by atoms with Crippen molar-refractivity contribution in [1.82, 2.24) is 5.32 Å². The first kappa shape index (κ1) is 37.2. The van der Waals surface area contributed by atoms with Crippen molar-refractivity contribution in [2.24, 2.45) is 0 Å². The van der Waals surface area contributed by atoms with Gasteiger partial charge < -0.3 is 47.9 Å². The predicted molar refractivity (Wildman–Crippen MR) is 145 cm³/mol. The molecular weight excluding hydrogens is 514 g/mol. The number of esters is 1. The van der Waals surface area contributed by atoms with Crippen molar-refractivity contribution in [2.75, 3.05) is 112 Å². The number of hydrogen-bond acceptors (Lipinski definition) is 11. The van der Waals surface area contributed by atoms with Crippen LogP contribution in [0.5, 0.6) is 0 Å². The zero-order valence-electron chi connectivity index (χ0n) is 23.8. The lowest BCUT2D eigenvalue weighted by molar-refractivity contribution is -0.139. The summed E-state index contributed by atoms with van der Waals surface area (Å²) in [5.41, 5.74) is 0. The second kappa shape index (κ2) is 32.4. The molecule has 39 heavy (non-hydrogen) atoms. The number of alkyl carbamates (subject to hydrolysis) is 1. The van der Waals surface area contributed by atoms with E-state index in [0.29, 0.717) is 99.0 Å². The molecule has 0 radical (unpaired) electrons. The Bertz CT molecular complexity index is 552. The van der Waals surface area contributed by atoms with Crippen molar-refractivity contribution in [3.63, 3.8) is 0 Å². The molecule has 0 atom stereocenters. The Balaban J connectivity index is 3.11. The van der Waals surface area contributed by atoms with Crippen LogP contribution in [0.15, 0.2) is 12.7 Å². The third-order valence-corrected chi connectivity index (χ3v) is 4.88. The van der Waals surface area contributed by atoms with E-state index in [2.05, 4.69) is 18.8 Å². The average Bonchev–Trinajstić information content (AvgIpc) is 2.94. The van der Waals surface area contributed by atoms with Crippen molar-refractivity contribution < 1.29 is 52.2 Å². The minimum absolute atomic E-state index is 0.197. The minimum Gasteiger partial charge on any atom is -0.460 e. The molecule has 0 aliphatic heterocycles. The van der Waals surface area contributed by atoms with E-state index in [-0.39, 0.29) is 13.2 Å². The molecule has 0 bridgehead atoms. The van der Waals surface area contributed by atoms with E-state index in [9.17, 15) is 9.59 Å². The van der Waals surface area contributed by atoms with Crippen molar-refractivity contribution in [2.45, 2.75) is 39.0 Å². The Morgan fingerprint density at radius 2 is 0.897 bits per heavy atom. The summed E-state index contributed by atoms with van der Waals surface area (Å²) < 4.78 is 47.5. The molecule has 0 spiro atoms. The lowest BCUT2D eigenvalue weighted by atomic mass is 10.1. The van der Waals surface area contributed by atoms with E-state index in [0.717, 1.165) is 18.9 Å². The Morgan fingerprint density at radius 3 is 1.28 bits per heavy atom. The van der Waals surface area contributed by atoms with Crippen LogP contribution in [0.4, 0.5) is 4.79 Å². The highest BCUT2D eigenvalue weighted by molar-refractivity contribution is 5.81. The van der Waals surface area contributed by atoms with Crippen molar-refractivity contribution in [3.8, 4) is 0 Å². The zero-order valence-corrected chi connectivity index (χ0v) is 23.8. The summed E-state index contributed by atoms with van der Waals surface area (Å²) in [4.78, 5) is 22.3. The molecule has 0 aromatic carbocycles. The Kier molecular flexibility index (Phi) is 30.9. The van der Waals surface area contributed by atoms with Crippen LogP contribution in [0.25, 0.3) is 0 Å². The fraction of sp³-hybridized carbons (Fsp3) is 0.852. The van der Waals surface area contributed by atoms with Crippen LogP contribution in [0, 0.1) is 0 Å². The number of rotatable bonds is 31. The van der Waals surface area contributed by atoms with Crippen LogP contribution in [0.1, 0.15) is 39.0 Å². The van der Waals surface area contributed by atoms with Gasteiger partial charge in [-0.15, -0.1) is 0 Å². The summed E-state index contributed by atoms with van der Waals surface area (Å²) in [5.74, 6) is -0.461. The summed E-state index contributed by atoms with van der Waals surface area (Å²) in [6.45, 7) is 12.8. The summed E-state index contributed by atoms with van der Waals surface area (Å²) in [5, 5.41) is 2.74. The summed E-state index contributed by atoms with van der Waals surface area (Å²) in [7, 11) is 0. The van der Waals surface area contributed by atoms with Crippen molar-refractivity contribution in [3.05, 3.63) is 12.7 Å². The predicted octanol–water partition coefficient (Wildman–Crippen LogP) is 2.53. The van der Waals surface area contributed by atoms with Gasteiger partial charge in [0.2, 0.25) is 0 Å². The Hall–Kier alpha value is -1.80. The highest BCUT2D eigenvalue weighted by atomic mass is 16.6. The number of carbonyl (C=O) groups is 2. The number of ether oxygens (including phenoxy) is 9. The maximum atomic E-state index is 11.5. The van der Waals surface area contributed by atoms with Crippen LogP contribution in [0.3, 0.4) is 0 Å². The van der Waals surface area contributed by atoms with Gasteiger partial charge >= 0.3 is 12.1 Å². The fourth-order valence-corrected chi connectivity index (χ4v) is 2.84. The van der Waals surface area contributed by atoms with Crippen LogP contribution >= 0.6 is 0 Å². The highest BCUT2D eigenvalue weighted by Crippen LogP contribution is 2.01. The molecule has 0 aliphatic carbocycles. The van der Waals surface area contributed by atoms with Crippen molar-refractivity contribution >= 4 is 12.1 Å². The van der Waals surface area contributed by atoms with E-state index in [4.69, 9.17) is 42.6 Å². The molecule has 0 unspecified atom stereocenters. The molecule has 230 valence electrons. The van der Waals surface area contributed by atoms with Crippen LogP contribution < -0.4 is 5.32 Å². The maximum Gasteiger partial charge on any atom is 0.407 e. The summed E-state index contributed by atoms with van der Waals surface area (Å²) >= 11 is 0. The topological polar surface area (TPSA) is 129 Å². The maximum absolute atomic E-state index is 11.5. The van der Waals surface area contributed by atoms with Crippen LogP contribution in [-0.4, -0.2) is 124 Å². The third kappa shape index (κ3) is 32.3. The summed E-state index contributed by atoms with van der Waals surface area (Å²) in [6, 6.07) is 0. The Labute approximate surface area is 233 Å². The van der Waals surface area contributed by atoms with Gasteiger partial charge in [-0.1, -0.05) is 39.2 Å². The van der Waals surface area contributed by atoms with Gasteiger partial charge in [-0.25, -0.2) is 9.59 Å². The van der Waals surface area contributed by atoms with Gasteiger partial charge in [0.25, 0.3) is 0 Å². The first-order valence-electron chi connectivity index (χ1n) is 13.9. The monoisotopic (exact) mass is 565 g/mol. The SMILES string of the molecule is C=CC(=O)OCCOCCOCCOCCOCCOCCOCCOCCOC(=O)NCCCCCCC. The molecule has 12 heteroatoms. The standard InChI is InChI=1S/C27H51NO11/c1-3-5-6-7-8-9-28-27(30)39-25-23-37-21-19-35-17-15-33-13-11-31-10-12-32-14-16-34-18-20-36-22-24-38-26(29)4-2/h4H,2-3,5-25H2,1H3,(H,28,30). The molecule has 1 amide bonds. The lowest BCUT2D eigenvalue weighted by Crippen LogP contribution is -2.26. The normalized spacial score (nSPS) is 10.9. The molecule has 0 aromatic rings. The number of hydrogen-bond donors (Lipinski definition) is 1. The highest BCUT2D eigenvalue weighted by Gasteiger charge is 2.01. The molecule has 0 fully saturated rings. The van der Waals surface area contributed by atoms with Gasteiger partial charge in [0.1, 0.15) is 13.2 Å². The molecule has 0 aromatic heterocycles. The van der Waals surface area contributed by atoms with Crippen LogP contribution in [-0.2, 0) is 47.4 Å². The number of carbonyl (C=O) groups excluding carboxylic acids is 2. The number of amides is 1. The average molecular weight is 566 g/mol. The van der Waals surface area contributed by atoms with E-state index in [1.165, 1.54) is 19.3 Å². The lowest BCUT2D eigenvalue weighted by Gasteiger charge is -2.09. The third-order valence-electron chi connectivity index (χ3n) is 4.88. The molecular formula is C27H51NO11. The van der Waals surface area contributed by atoms with Gasteiger partial charge in [-0.2, -0.15) is 0 Å². The second-order valence-corrected chi connectivity index (χ2v) is 8.14. The molecule has 0 heterocycles. The molecule has 1 N–H and O–H groups in total. The first-order chi connectivity index (χ1) is 19.2. The largest absolute Gasteiger partial charge is 0.460 e. The van der Waals surface area contributed by atoms with E-state index in [1.54, 1.807) is 0 Å². The van der Waals surface area contributed by atoms with Gasteiger partial charge in [0.15, 0.2) is 0 Å². The Morgan fingerprint density at radius 1 is 0.538 bits per heavy atom. The molecule has 0 saturated carbocycles. The van der Waals surface area contributed by atoms with E-state index >= 15 is 0 Å². The van der Waals surface area contributed by atoms with Crippen molar-refractivity contribution in [1.29, 1.82) is 0 Å². The van der Waals surface area contributed by atoms with Crippen LogP contribution in [0.2, 0.25) is 0 Å². The minimum atomic E-state index is -0.461. The van der Waals surface area contributed by atoms with Gasteiger partial charge in [-0.05, 0) is 6.42 Å². The van der Waals surface area contributed by atoms with Gasteiger partial charge in [0, 0.05) is 12.6 Å². The van der Waals surface area contributed by atoms with E-state index < -0.39 is 12.1 Å². The van der Waals surface area contributed by atoms with E-state index in [1.807, 2.05) is 0 Å². The fourth-order valence-electron chi connectivity index (χ4n) is 2.84. The van der Waals surface area contributed by atoms with Gasteiger partial charge in [-0.3, -0.25) is 0 Å². The summed E-state index contributed by atoms with van der Waals surface area (Å²) in [6.07, 6.45) is 6.48. The number of unbranched alkanes of at least 4 members (excludes halogenated alkanes) is 4. The molecule has 0 rings (SSSR count). The first-order valence-corrected chi connectivity index (χ1v) is 13.9. The zero-order chi connectivity index (χ0) is 28.5. The molecule has 12 nitrogen and oxygen atoms in total. The molecule has 0 aliphatic rings. The quantitative estimate of drug-likeness (QED) is 0.0756.